The first-order valence-corrected chi connectivity index (χ1v) is 6.16. The minimum Gasteiger partial charge on any atom is -0.476 e. The van der Waals surface area contributed by atoms with E-state index in [1.165, 1.54) is 6.20 Å². The predicted octanol–water partition coefficient (Wildman–Crippen LogP) is 1.31. The lowest BCUT2D eigenvalue weighted by molar-refractivity contribution is 0.0690. The molecule has 1 N–H and O–H groups in total. The van der Waals surface area contributed by atoms with Gasteiger partial charge in [0.15, 0.2) is 5.69 Å². The molecule has 0 amide bonds. The van der Waals surface area contributed by atoms with Gasteiger partial charge in [-0.2, -0.15) is 0 Å². The second kappa shape index (κ2) is 4.94. The first-order chi connectivity index (χ1) is 8.50. The Hall–Kier alpha value is -1.62. The summed E-state index contributed by atoms with van der Waals surface area (Å²) in [6, 6.07) is 4.42. The van der Waals surface area contributed by atoms with E-state index in [4.69, 9.17) is 0 Å². The predicted molar refractivity (Wildman–Crippen MR) is 70.1 cm³/mol. The van der Waals surface area contributed by atoms with Gasteiger partial charge in [-0.25, -0.2) is 9.78 Å². The van der Waals surface area contributed by atoms with Crippen molar-refractivity contribution >= 4 is 11.7 Å². The minimum atomic E-state index is -0.968. The highest BCUT2D eigenvalue weighted by Gasteiger charge is 2.28. The van der Waals surface area contributed by atoms with Gasteiger partial charge in [-0.05, 0) is 33.0 Å². The summed E-state index contributed by atoms with van der Waals surface area (Å²) in [4.78, 5) is 19.6. The SMILES string of the molecule is CC1CN(c2cccnc2C(=O)O)CC(C)N1C. The van der Waals surface area contributed by atoms with E-state index in [0.717, 1.165) is 18.8 Å². The molecular formula is C13H19N3O2. The zero-order valence-corrected chi connectivity index (χ0v) is 11.0. The molecule has 1 aromatic heterocycles. The van der Waals surface area contributed by atoms with Crippen LogP contribution in [0, 0.1) is 0 Å². The van der Waals surface area contributed by atoms with Gasteiger partial charge in [-0.3, -0.25) is 4.90 Å². The van der Waals surface area contributed by atoms with Crippen molar-refractivity contribution in [1.29, 1.82) is 0 Å². The number of hydrogen-bond acceptors (Lipinski definition) is 4. The number of rotatable bonds is 2. The Labute approximate surface area is 107 Å². The van der Waals surface area contributed by atoms with Crippen molar-refractivity contribution in [2.45, 2.75) is 25.9 Å². The van der Waals surface area contributed by atoms with Crippen LogP contribution in [0.25, 0.3) is 0 Å². The third-order valence-electron chi connectivity index (χ3n) is 3.69. The van der Waals surface area contributed by atoms with E-state index in [-0.39, 0.29) is 5.69 Å². The van der Waals surface area contributed by atoms with Gasteiger partial charge in [-0.1, -0.05) is 0 Å². The van der Waals surface area contributed by atoms with Crippen molar-refractivity contribution in [3.05, 3.63) is 24.0 Å². The first-order valence-electron chi connectivity index (χ1n) is 6.16. The van der Waals surface area contributed by atoms with Gasteiger partial charge in [-0.15, -0.1) is 0 Å². The Kier molecular flexibility index (Phi) is 3.52. The summed E-state index contributed by atoms with van der Waals surface area (Å²) in [6.45, 7) is 5.96. The lowest BCUT2D eigenvalue weighted by atomic mass is 10.1. The average Bonchev–Trinajstić information content (AvgIpc) is 2.35. The monoisotopic (exact) mass is 249 g/mol. The maximum atomic E-state index is 11.2. The number of piperazine rings is 1. The second-order valence-corrected chi connectivity index (χ2v) is 4.94. The summed E-state index contributed by atoms with van der Waals surface area (Å²) < 4.78 is 0. The Morgan fingerprint density at radius 2 is 2.00 bits per heavy atom. The molecule has 1 fully saturated rings. The smallest absolute Gasteiger partial charge is 0.356 e. The third kappa shape index (κ3) is 2.31. The third-order valence-corrected chi connectivity index (χ3v) is 3.69. The van der Waals surface area contributed by atoms with Crippen molar-refractivity contribution in [3.8, 4) is 0 Å². The molecule has 0 spiro atoms. The number of carboxylic acids is 1. The van der Waals surface area contributed by atoms with Crippen molar-refractivity contribution < 1.29 is 9.90 Å². The Balaban J connectivity index is 2.30. The van der Waals surface area contributed by atoms with Crippen LogP contribution in [0.15, 0.2) is 18.3 Å². The molecule has 0 aliphatic carbocycles. The molecule has 1 aliphatic heterocycles. The fraction of sp³-hybridized carbons (Fsp3) is 0.538. The van der Waals surface area contributed by atoms with E-state index in [1.807, 2.05) is 6.07 Å². The van der Waals surface area contributed by atoms with Gasteiger partial charge in [0, 0.05) is 31.4 Å². The summed E-state index contributed by atoms with van der Waals surface area (Å²) in [5.74, 6) is -0.968. The van der Waals surface area contributed by atoms with E-state index in [2.05, 4.69) is 35.7 Å². The zero-order valence-electron chi connectivity index (χ0n) is 11.0. The van der Waals surface area contributed by atoms with Gasteiger partial charge in [0.25, 0.3) is 0 Å². The topological polar surface area (TPSA) is 56.7 Å². The molecule has 2 atom stereocenters. The van der Waals surface area contributed by atoms with Crippen LogP contribution in [0.4, 0.5) is 5.69 Å². The Morgan fingerprint density at radius 3 is 2.56 bits per heavy atom. The van der Waals surface area contributed by atoms with Crippen LogP contribution in [0.3, 0.4) is 0 Å². The number of aromatic carboxylic acids is 1. The fourth-order valence-corrected chi connectivity index (χ4v) is 2.42. The van der Waals surface area contributed by atoms with Crippen LogP contribution < -0.4 is 4.90 Å². The van der Waals surface area contributed by atoms with Crippen LogP contribution in [0.2, 0.25) is 0 Å². The molecule has 2 unspecified atom stereocenters. The normalized spacial score (nSPS) is 25.2. The number of pyridine rings is 1. The highest BCUT2D eigenvalue weighted by Crippen LogP contribution is 2.23. The Morgan fingerprint density at radius 1 is 1.39 bits per heavy atom. The maximum absolute atomic E-state index is 11.2. The minimum absolute atomic E-state index is 0.140. The first kappa shape index (κ1) is 12.8. The van der Waals surface area contributed by atoms with Gasteiger partial charge in [0.1, 0.15) is 0 Å². The highest BCUT2D eigenvalue weighted by atomic mass is 16.4. The lowest BCUT2D eigenvalue weighted by Crippen LogP contribution is -2.55. The molecule has 1 aromatic rings. The van der Waals surface area contributed by atoms with E-state index in [1.54, 1.807) is 6.07 Å². The fourth-order valence-electron chi connectivity index (χ4n) is 2.42. The number of hydrogen-bond donors (Lipinski definition) is 1. The van der Waals surface area contributed by atoms with Crippen LogP contribution in [-0.2, 0) is 0 Å². The van der Waals surface area contributed by atoms with Gasteiger partial charge >= 0.3 is 5.97 Å². The number of anilines is 1. The Bertz CT molecular complexity index is 438. The van der Waals surface area contributed by atoms with Crippen LogP contribution in [-0.4, -0.2) is 53.2 Å². The molecule has 0 aromatic carbocycles. The number of carboxylic acid groups (broad SMARTS) is 1. The molecule has 0 bridgehead atoms. The standard InChI is InChI=1S/C13H19N3O2/c1-9-7-16(8-10(2)15(9)3)11-5-4-6-14-12(11)13(17)18/h4-6,9-10H,7-8H2,1-3H3,(H,17,18). The van der Waals surface area contributed by atoms with Crippen molar-refractivity contribution in [2.24, 2.45) is 0 Å². The molecule has 18 heavy (non-hydrogen) atoms. The second-order valence-electron chi connectivity index (χ2n) is 4.94. The molecular weight excluding hydrogens is 230 g/mol. The molecule has 2 rings (SSSR count). The number of carbonyl (C=O) groups is 1. The quantitative estimate of drug-likeness (QED) is 0.856. The number of nitrogens with zero attached hydrogens (tertiary/aromatic N) is 3. The molecule has 0 radical (unpaired) electrons. The van der Waals surface area contributed by atoms with Crippen molar-refractivity contribution in [3.63, 3.8) is 0 Å². The van der Waals surface area contributed by atoms with E-state index < -0.39 is 5.97 Å². The van der Waals surface area contributed by atoms with E-state index >= 15 is 0 Å². The molecule has 1 aliphatic rings. The van der Waals surface area contributed by atoms with E-state index in [9.17, 15) is 9.90 Å². The van der Waals surface area contributed by atoms with Crippen LogP contribution in [0.5, 0.6) is 0 Å². The summed E-state index contributed by atoms with van der Waals surface area (Å²) in [6.07, 6.45) is 1.52. The van der Waals surface area contributed by atoms with Crippen molar-refractivity contribution in [1.82, 2.24) is 9.88 Å². The number of likely N-dealkylation sites (N-methyl/N-ethyl adjacent to an activating group) is 1. The molecule has 5 nitrogen and oxygen atoms in total. The van der Waals surface area contributed by atoms with Crippen molar-refractivity contribution in [2.75, 3.05) is 25.0 Å². The average molecular weight is 249 g/mol. The zero-order chi connectivity index (χ0) is 13.3. The van der Waals surface area contributed by atoms with E-state index in [0.29, 0.717) is 12.1 Å². The van der Waals surface area contributed by atoms with Gasteiger partial charge in [0.05, 0.1) is 5.69 Å². The molecule has 98 valence electrons. The molecule has 1 saturated heterocycles. The van der Waals surface area contributed by atoms with Gasteiger partial charge < -0.3 is 10.0 Å². The van der Waals surface area contributed by atoms with Crippen LogP contribution >= 0.6 is 0 Å². The maximum Gasteiger partial charge on any atom is 0.356 e. The summed E-state index contributed by atoms with van der Waals surface area (Å²) in [5.41, 5.74) is 0.859. The lowest BCUT2D eigenvalue weighted by Gasteiger charge is -2.43. The van der Waals surface area contributed by atoms with Crippen LogP contribution in [0.1, 0.15) is 24.3 Å². The summed E-state index contributed by atoms with van der Waals surface area (Å²) in [5, 5.41) is 9.18. The number of aromatic nitrogens is 1. The largest absolute Gasteiger partial charge is 0.476 e. The van der Waals surface area contributed by atoms with Gasteiger partial charge in [0.2, 0.25) is 0 Å². The summed E-state index contributed by atoms with van der Waals surface area (Å²) in [7, 11) is 2.11. The molecule has 2 heterocycles. The molecule has 5 heteroatoms. The summed E-state index contributed by atoms with van der Waals surface area (Å²) >= 11 is 0. The molecule has 0 saturated carbocycles. The highest BCUT2D eigenvalue weighted by molar-refractivity contribution is 5.92.